The number of thiophene rings is 1. The summed E-state index contributed by atoms with van der Waals surface area (Å²) in [5.74, 6) is 0.0193. The van der Waals surface area contributed by atoms with Crippen LogP contribution in [0.25, 0.3) is 10.2 Å². The summed E-state index contributed by atoms with van der Waals surface area (Å²) in [6.45, 7) is 3.17. The zero-order valence-electron chi connectivity index (χ0n) is 16.3. The Balaban J connectivity index is 1.54. The number of halogens is 1. The Morgan fingerprint density at radius 3 is 2.76 bits per heavy atom. The van der Waals surface area contributed by atoms with Crippen LogP contribution < -0.4 is 0 Å². The summed E-state index contributed by atoms with van der Waals surface area (Å²) in [5.41, 5.74) is 2.90. The molecule has 29 heavy (non-hydrogen) atoms. The summed E-state index contributed by atoms with van der Waals surface area (Å²) < 4.78 is 1.93. The first-order valence-electron chi connectivity index (χ1n) is 9.38. The number of hydrogen-bond acceptors (Lipinski definition) is 4. The molecule has 3 heterocycles. The van der Waals surface area contributed by atoms with E-state index in [4.69, 9.17) is 11.6 Å². The number of hydrogen-bond donors (Lipinski definition) is 0. The quantitative estimate of drug-likeness (QED) is 0.446. The molecule has 0 unspecified atom stereocenters. The molecule has 1 amide bonds. The van der Waals surface area contributed by atoms with E-state index in [0.29, 0.717) is 13.1 Å². The van der Waals surface area contributed by atoms with Crippen molar-refractivity contribution < 1.29 is 4.79 Å². The number of pyridine rings is 1. The number of aromatic nitrogens is 3. The molecule has 3 aromatic heterocycles. The van der Waals surface area contributed by atoms with Gasteiger partial charge in [-0.1, -0.05) is 35.9 Å². The number of benzene rings is 1. The van der Waals surface area contributed by atoms with Crippen LogP contribution in [-0.2, 0) is 13.0 Å². The highest BCUT2D eigenvalue weighted by Gasteiger charge is 2.19. The van der Waals surface area contributed by atoms with Gasteiger partial charge in [0.25, 0.3) is 5.91 Å². The van der Waals surface area contributed by atoms with Gasteiger partial charge in [-0.25, -0.2) is 0 Å². The summed E-state index contributed by atoms with van der Waals surface area (Å²) in [4.78, 5) is 20.7. The van der Waals surface area contributed by atoms with Gasteiger partial charge in [0.05, 0.1) is 17.1 Å². The van der Waals surface area contributed by atoms with Gasteiger partial charge in [0, 0.05) is 42.3 Å². The largest absolute Gasteiger partial charge is 0.341 e. The number of aryl methyl sites for hydroxylation is 1. The first-order chi connectivity index (χ1) is 14.0. The Morgan fingerprint density at radius 2 is 2.00 bits per heavy atom. The topological polar surface area (TPSA) is 51.0 Å². The minimum absolute atomic E-state index is 0.0193. The lowest BCUT2D eigenvalue weighted by atomic mass is 10.2. The standard InChI is InChI=1S/C22H21ClN4OS/c1-15-18-13-20(21(28)26(2)12-10-17-8-5-6-11-24-17)29-22(18)27(25-15)14-16-7-3-4-9-19(16)23/h3-9,11,13H,10,12,14H2,1-2H3. The number of carbonyl (C=O) groups is 1. The lowest BCUT2D eigenvalue weighted by molar-refractivity contribution is 0.0801. The van der Waals surface area contributed by atoms with Crippen molar-refractivity contribution in [3.63, 3.8) is 0 Å². The molecule has 0 saturated heterocycles. The number of amides is 1. The molecule has 0 atom stereocenters. The summed E-state index contributed by atoms with van der Waals surface area (Å²) in [6.07, 6.45) is 2.50. The van der Waals surface area contributed by atoms with Gasteiger partial charge in [-0.15, -0.1) is 11.3 Å². The van der Waals surface area contributed by atoms with Gasteiger partial charge in [0.1, 0.15) is 4.83 Å². The Hall–Kier alpha value is -2.70. The number of nitrogens with zero attached hydrogens (tertiary/aromatic N) is 4. The zero-order valence-corrected chi connectivity index (χ0v) is 17.9. The summed E-state index contributed by atoms with van der Waals surface area (Å²) in [6, 6.07) is 15.5. The van der Waals surface area contributed by atoms with Crippen molar-refractivity contribution in [1.82, 2.24) is 19.7 Å². The Bertz CT molecular complexity index is 1150. The molecule has 7 heteroatoms. The molecule has 0 fully saturated rings. The SMILES string of the molecule is Cc1nn(Cc2ccccc2Cl)c2sc(C(=O)N(C)CCc3ccccn3)cc12. The number of rotatable bonds is 6. The fourth-order valence-electron chi connectivity index (χ4n) is 3.23. The van der Waals surface area contributed by atoms with Crippen molar-refractivity contribution in [3.8, 4) is 0 Å². The molecule has 1 aromatic carbocycles. The van der Waals surface area contributed by atoms with Gasteiger partial charge in [-0.2, -0.15) is 5.10 Å². The molecule has 4 rings (SSSR count). The lowest BCUT2D eigenvalue weighted by Crippen LogP contribution is -2.28. The maximum atomic E-state index is 12.9. The maximum absolute atomic E-state index is 12.9. The second-order valence-electron chi connectivity index (χ2n) is 6.96. The van der Waals surface area contributed by atoms with E-state index < -0.39 is 0 Å². The number of likely N-dealkylation sites (N-methyl/N-ethyl adjacent to an activating group) is 1. The smallest absolute Gasteiger partial charge is 0.263 e. The van der Waals surface area contributed by atoms with E-state index >= 15 is 0 Å². The molecule has 0 N–H and O–H groups in total. The van der Waals surface area contributed by atoms with Crippen LogP contribution in [0.3, 0.4) is 0 Å². The van der Waals surface area contributed by atoms with Crippen LogP contribution in [0.4, 0.5) is 0 Å². The molecular formula is C22H21ClN4OS. The summed E-state index contributed by atoms with van der Waals surface area (Å²) in [5, 5.41) is 6.38. The van der Waals surface area contributed by atoms with Gasteiger partial charge in [-0.05, 0) is 36.8 Å². The third-order valence-corrected chi connectivity index (χ3v) is 6.38. The first kappa shape index (κ1) is 19.6. The van der Waals surface area contributed by atoms with Crippen LogP contribution in [0.15, 0.2) is 54.7 Å². The van der Waals surface area contributed by atoms with Gasteiger partial charge in [0.2, 0.25) is 0 Å². The molecule has 0 saturated carbocycles. The van der Waals surface area contributed by atoms with Crippen LogP contribution in [0.1, 0.15) is 26.6 Å². The van der Waals surface area contributed by atoms with Gasteiger partial charge >= 0.3 is 0 Å². The van der Waals surface area contributed by atoms with Gasteiger partial charge in [-0.3, -0.25) is 14.5 Å². The van der Waals surface area contributed by atoms with Gasteiger partial charge < -0.3 is 4.90 Å². The average Bonchev–Trinajstić information content (AvgIpc) is 3.29. The molecule has 0 aliphatic rings. The predicted octanol–water partition coefficient (Wildman–Crippen LogP) is 4.82. The molecule has 0 radical (unpaired) electrons. The van der Waals surface area contributed by atoms with Crippen molar-refractivity contribution >= 4 is 39.1 Å². The molecule has 5 nitrogen and oxygen atoms in total. The van der Waals surface area contributed by atoms with Gasteiger partial charge in [0.15, 0.2) is 0 Å². The van der Waals surface area contributed by atoms with Crippen LogP contribution in [-0.4, -0.2) is 39.2 Å². The van der Waals surface area contributed by atoms with Crippen molar-refractivity contribution in [2.45, 2.75) is 19.9 Å². The molecule has 0 aliphatic carbocycles. The van der Waals surface area contributed by atoms with Crippen LogP contribution in [0, 0.1) is 6.92 Å². The van der Waals surface area contributed by atoms with Crippen molar-refractivity contribution in [3.05, 3.63) is 81.6 Å². The summed E-state index contributed by atoms with van der Waals surface area (Å²) in [7, 11) is 1.83. The minimum atomic E-state index is 0.0193. The van der Waals surface area contributed by atoms with E-state index in [-0.39, 0.29) is 5.91 Å². The zero-order chi connectivity index (χ0) is 20.4. The van der Waals surface area contributed by atoms with E-state index in [0.717, 1.165) is 43.5 Å². The van der Waals surface area contributed by atoms with Crippen molar-refractivity contribution in [2.24, 2.45) is 0 Å². The highest BCUT2D eigenvalue weighted by molar-refractivity contribution is 7.20. The second-order valence-corrected chi connectivity index (χ2v) is 8.40. The number of carbonyl (C=O) groups excluding carboxylic acids is 1. The molecule has 0 bridgehead atoms. The predicted molar refractivity (Wildman–Crippen MR) is 118 cm³/mol. The van der Waals surface area contributed by atoms with E-state index in [2.05, 4.69) is 10.1 Å². The molecule has 0 aliphatic heterocycles. The third kappa shape index (κ3) is 4.18. The fraction of sp³-hybridized carbons (Fsp3) is 0.227. The van der Waals surface area contributed by atoms with Crippen LogP contribution >= 0.6 is 22.9 Å². The third-order valence-electron chi connectivity index (χ3n) is 4.87. The lowest BCUT2D eigenvalue weighted by Gasteiger charge is -2.15. The molecule has 0 spiro atoms. The highest BCUT2D eigenvalue weighted by Crippen LogP contribution is 2.30. The van der Waals surface area contributed by atoms with Crippen LogP contribution in [0.2, 0.25) is 5.02 Å². The normalized spacial score (nSPS) is 11.1. The molecular weight excluding hydrogens is 404 g/mol. The van der Waals surface area contributed by atoms with Crippen molar-refractivity contribution in [1.29, 1.82) is 0 Å². The first-order valence-corrected chi connectivity index (χ1v) is 10.6. The maximum Gasteiger partial charge on any atom is 0.263 e. The minimum Gasteiger partial charge on any atom is -0.341 e. The van der Waals surface area contributed by atoms with Crippen molar-refractivity contribution in [2.75, 3.05) is 13.6 Å². The van der Waals surface area contributed by atoms with Crippen LogP contribution in [0.5, 0.6) is 0 Å². The molecule has 4 aromatic rings. The molecule has 148 valence electrons. The summed E-state index contributed by atoms with van der Waals surface area (Å²) >= 11 is 7.79. The van der Waals surface area contributed by atoms with E-state index in [1.54, 1.807) is 11.1 Å². The second kappa shape index (κ2) is 8.35. The monoisotopic (exact) mass is 424 g/mol. The number of fused-ring (bicyclic) bond motifs is 1. The van der Waals surface area contributed by atoms with E-state index in [9.17, 15) is 4.79 Å². The fourth-order valence-corrected chi connectivity index (χ4v) is 4.58. The van der Waals surface area contributed by atoms with E-state index in [1.165, 1.54) is 11.3 Å². The highest BCUT2D eigenvalue weighted by atomic mass is 35.5. The Labute approximate surface area is 178 Å². The Morgan fingerprint density at radius 1 is 1.21 bits per heavy atom. The Kier molecular flexibility index (Phi) is 5.65. The van der Waals surface area contributed by atoms with E-state index in [1.807, 2.05) is 67.2 Å². The average molecular weight is 425 g/mol.